The molecule has 0 radical (unpaired) electrons. The minimum atomic E-state index is -0.441. The highest BCUT2D eigenvalue weighted by Crippen LogP contribution is 2.20. The zero-order valence-corrected chi connectivity index (χ0v) is 17.2. The highest BCUT2D eigenvalue weighted by molar-refractivity contribution is 6.30. The van der Waals surface area contributed by atoms with Gasteiger partial charge in [0.25, 0.3) is 11.6 Å². The Morgan fingerprint density at radius 2 is 1.83 bits per heavy atom. The van der Waals surface area contributed by atoms with Crippen LogP contribution in [0.2, 0.25) is 5.02 Å². The maximum atomic E-state index is 12.2. The maximum absolute atomic E-state index is 12.2. The molecule has 7 nitrogen and oxygen atoms in total. The number of nitro groups is 1. The number of aryl methyl sites for hydroxylation is 1. The van der Waals surface area contributed by atoms with Gasteiger partial charge in [0.05, 0.1) is 4.92 Å². The van der Waals surface area contributed by atoms with E-state index < -0.39 is 4.92 Å². The lowest BCUT2D eigenvalue weighted by Crippen LogP contribution is -2.47. The number of benzene rings is 2. The monoisotopic (exact) mass is 416 g/mol. The molecule has 8 heteroatoms. The lowest BCUT2D eigenvalue weighted by molar-refractivity contribution is -0.385. The number of nitro benzene ring substituents is 1. The molecule has 154 valence electrons. The smallest absolute Gasteiger partial charge is 0.272 e. The van der Waals surface area contributed by atoms with E-state index in [4.69, 9.17) is 11.6 Å². The van der Waals surface area contributed by atoms with Crippen LogP contribution < -0.4 is 10.2 Å². The van der Waals surface area contributed by atoms with Gasteiger partial charge in [-0.25, -0.2) is 0 Å². The lowest BCUT2D eigenvalue weighted by Gasteiger charge is -2.36. The summed E-state index contributed by atoms with van der Waals surface area (Å²) < 4.78 is 0. The van der Waals surface area contributed by atoms with E-state index >= 15 is 0 Å². The molecule has 2 aromatic carbocycles. The van der Waals surface area contributed by atoms with Crippen LogP contribution in [0.3, 0.4) is 0 Å². The summed E-state index contributed by atoms with van der Waals surface area (Å²) in [4.78, 5) is 27.4. The van der Waals surface area contributed by atoms with E-state index in [0.717, 1.165) is 44.2 Å². The molecule has 1 amide bonds. The van der Waals surface area contributed by atoms with E-state index in [1.54, 1.807) is 13.0 Å². The number of nitrogens with one attached hydrogen (secondary N) is 1. The molecule has 1 fully saturated rings. The molecule has 1 saturated heterocycles. The first-order chi connectivity index (χ1) is 13.9. The number of halogens is 1. The van der Waals surface area contributed by atoms with Gasteiger partial charge < -0.3 is 10.2 Å². The molecule has 0 aromatic heterocycles. The fraction of sp³-hybridized carbons (Fsp3) is 0.381. The number of nitrogens with zero attached hydrogens (tertiary/aromatic N) is 3. The zero-order chi connectivity index (χ0) is 20.8. The third-order valence-electron chi connectivity index (χ3n) is 5.16. The Labute approximate surface area is 175 Å². The van der Waals surface area contributed by atoms with E-state index in [9.17, 15) is 14.9 Å². The second-order valence-corrected chi connectivity index (χ2v) is 7.61. The van der Waals surface area contributed by atoms with Crippen LogP contribution in [0.25, 0.3) is 0 Å². The van der Waals surface area contributed by atoms with Crippen LogP contribution in [0.4, 0.5) is 11.4 Å². The first-order valence-electron chi connectivity index (χ1n) is 9.70. The average Bonchev–Trinajstić information content (AvgIpc) is 2.72. The quantitative estimate of drug-likeness (QED) is 0.424. The van der Waals surface area contributed by atoms with Crippen molar-refractivity contribution in [1.82, 2.24) is 10.2 Å². The first kappa shape index (κ1) is 21.1. The van der Waals surface area contributed by atoms with Crippen molar-refractivity contribution >= 4 is 28.9 Å². The fourth-order valence-corrected chi connectivity index (χ4v) is 3.62. The molecule has 0 bridgehead atoms. The van der Waals surface area contributed by atoms with Crippen molar-refractivity contribution in [2.24, 2.45) is 0 Å². The van der Waals surface area contributed by atoms with E-state index in [1.807, 2.05) is 24.3 Å². The lowest BCUT2D eigenvalue weighted by atomic mass is 10.1. The van der Waals surface area contributed by atoms with Gasteiger partial charge in [-0.15, -0.1) is 0 Å². The van der Waals surface area contributed by atoms with Gasteiger partial charge in [-0.3, -0.25) is 19.8 Å². The van der Waals surface area contributed by atoms with E-state index in [2.05, 4.69) is 15.1 Å². The van der Waals surface area contributed by atoms with Crippen molar-refractivity contribution in [1.29, 1.82) is 0 Å². The molecule has 2 aromatic rings. The largest absolute Gasteiger partial charge is 0.369 e. The van der Waals surface area contributed by atoms with Crippen molar-refractivity contribution in [2.75, 3.05) is 44.2 Å². The van der Waals surface area contributed by atoms with Crippen LogP contribution in [0.1, 0.15) is 22.3 Å². The molecule has 0 unspecified atom stereocenters. The molecule has 0 saturated carbocycles. The summed E-state index contributed by atoms with van der Waals surface area (Å²) in [5, 5.41) is 14.5. The summed E-state index contributed by atoms with van der Waals surface area (Å²) in [5.74, 6) is -0.199. The molecule has 1 heterocycles. The van der Waals surface area contributed by atoms with E-state index in [1.165, 1.54) is 17.8 Å². The third-order valence-corrected chi connectivity index (χ3v) is 5.41. The van der Waals surface area contributed by atoms with Gasteiger partial charge in [0.1, 0.15) is 0 Å². The van der Waals surface area contributed by atoms with Crippen molar-refractivity contribution in [3.05, 3.63) is 68.7 Å². The van der Waals surface area contributed by atoms with Gasteiger partial charge in [0.2, 0.25) is 0 Å². The molecule has 3 rings (SSSR count). The molecule has 0 aliphatic carbocycles. The van der Waals surface area contributed by atoms with Crippen LogP contribution in [0.5, 0.6) is 0 Å². The minimum Gasteiger partial charge on any atom is -0.369 e. The highest BCUT2D eigenvalue weighted by atomic mass is 35.5. The molecule has 29 heavy (non-hydrogen) atoms. The summed E-state index contributed by atoms with van der Waals surface area (Å²) in [6.07, 6.45) is 0.860. The molecule has 0 spiro atoms. The highest BCUT2D eigenvalue weighted by Gasteiger charge is 2.17. The van der Waals surface area contributed by atoms with Crippen molar-refractivity contribution in [3.8, 4) is 0 Å². The number of hydrogen-bond donors (Lipinski definition) is 1. The Balaban J connectivity index is 1.38. The summed E-state index contributed by atoms with van der Waals surface area (Å²) in [5.41, 5.74) is 2.16. The number of rotatable bonds is 7. The van der Waals surface area contributed by atoms with Crippen molar-refractivity contribution in [2.45, 2.75) is 13.3 Å². The number of hydrogen-bond acceptors (Lipinski definition) is 5. The van der Waals surface area contributed by atoms with Crippen LogP contribution in [0, 0.1) is 17.0 Å². The SMILES string of the molecule is Cc1cc(C(=O)NCCCN2CCN(c3ccc(Cl)cc3)CC2)ccc1[N+](=O)[O-]. The maximum Gasteiger partial charge on any atom is 0.272 e. The number of carbonyl (C=O) groups excluding carboxylic acids is 1. The second-order valence-electron chi connectivity index (χ2n) is 7.17. The zero-order valence-electron chi connectivity index (χ0n) is 16.4. The van der Waals surface area contributed by atoms with Crippen LogP contribution in [-0.2, 0) is 0 Å². The predicted octanol–water partition coefficient (Wildman–Crippen LogP) is 3.50. The van der Waals surface area contributed by atoms with Gasteiger partial charge >= 0.3 is 0 Å². The Kier molecular flexibility index (Phi) is 7.06. The number of anilines is 1. The molecule has 1 aliphatic rings. The Morgan fingerprint density at radius 3 is 2.45 bits per heavy atom. The van der Waals surface area contributed by atoms with Gasteiger partial charge in [0, 0.05) is 60.6 Å². The normalized spacial score (nSPS) is 14.6. The second kappa shape index (κ2) is 9.71. The Morgan fingerprint density at radius 1 is 1.14 bits per heavy atom. The van der Waals surface area contributed by atoms with Crippen LogP contribution in [-0.4, -0.2) is 55.0 Å². The Bertz CT molecular complexity index is 865. The van der Waals surface area contributed by atoms with Crippen molar-refractivity contribution < 1.29 is 9.72 Å². The summed E-state index contributed by atoms with van der Waals surface area (Å²) in [6, 6.07) is 12.4. The van der Waals surface area contributed by atoms with Gasteiger partial charge in [0.15, 0.2) is 0 Å². The summed E-state index contributed by atoms with van der Waals surface area (Å²) in [7, 11) is 0. The number of piperazine rings is 1. The van der Waals surface area contributed by atoms with E-state index in [0.29, 0.717) is 17.7 Å². The van der Waals surface area contributed by atoms with E-state index in [-0.39, 0.29) is 11.6 Å². The topological polar surface area (TPSA) is 78.7 Å². The van der Waals surface area contributed by atoms with Gasteiger partial charge in [-0.05, 0) is 56.3 Å². The average molecular weight is 417 g/mol. The number of carbonyl (C=O) groups is 1. The van der Waals surface area contributed by atoms with Crippen LogP contribution in [0.15, 0.2) is 42.5 Å². The third kappa shape index (κ3) is 5.68. The minimum absolute atomic E-state index is 0.0271. The van der Waals surface area contributed by atoms with Gasteiger partial charge in [-0.1, -0.05) is 11.6 Å². The van der Waals surface area contributed by atoms with Gasteiger partial charge in [-0.2, -0.15) is 0 Å². The molecule has 0 atom stereocenters. The Hall–Kier alpha value is -2.64. The molecule has 1 aliphatic heterocycles. The molecule has 1 N–H and O–H groups in total. The van der Waals surface area contributed by atoms with Crippen LogP contribution >= 0.6 is 11.6 Å². The predicted molar refractivity (Wildman–Crippen MR) is 115 cm³/mol. The molecular weight excluding hydrogens is 392 g/mol. The summed E-state index contributed by atoms with van der Waals surface area (Å²) in [6.45, 7) is 7.04. The standard InChI is InChI=1S/C21H25ClN4O3/c1-16-15-17(3-8-20(16)26(28)29)21(27)23-9-2-10-24-11-13-25(14-12-24)19-6-4-18(22)5-7-19/h3-8,15H,2,9-14H2,1H3,(H,23,27). The first-order valence-corrected chi connectivity index (χ1v) is 10.1. The summed E-state index contributed by atoms with van der Waals surface area (Å²) >= 11 is 5.95. The number of amides is 1. The molecular formula is C21H25ClN4O3. The van der Waals surface area contributed by atoms with Crippen molar-refractivity contribution in [3.63, 3.8) is 0 Å². The fourth-order valence-electron chi connectivity index (χ4n) is 3.49.